The van der Waals surface area contributed by atoms with Gasteiger partial charge in [-0.3, -0.25) is 9.78 Å². The van der Waals surface area contributed by atoms with Gasteiger partial charge in [0.25, 0.3) is 0 Å². The summed E-state index contributed by atoms with van der Waals surface area (Å²) in [6, 6.07) is 12.6. The van der Waals surface area contributed by atoms with Crippen molar-refractivity contribution in [3.05, 3.63) is 54.4 Å². The van der Waals surface area contributed by atoms with E-state index < -0.39 is 0 Å². The summed E-state index contributed by atoms with van der Waals surface area (Å²) in [5.74, 6) is 0.779. The van der Waals surface area contributed by atoms with Crippen molar-refractivity contribution >= 4 is 5.91 Å². The number of amides is 1. The van der Waals surface area contributed by atoms with E-state index in [0.29, 0.717) is 19.1 Å². The van der Waals surface area contributed by atoms with Crippen LogP contribution in [0.3, 0.4) is 0 Å². The Morgan fingerprint density at radius 1 is 1.20 bits per heavy atom. The second-order valence-corrected chi connectivity index (χ2v) is 8.77. The van der Waals surface area contributed by atoms with E-state index in [1.54, 1.807) is 6.20 Å². The first-order valence-electron chi connectivity index (χ1n) is 11.3. The summed E-state index contributed by atoms with van der Waals surface area (Å²) in [4.78, 5) is 20.0. The molecule has 160 valence electrons. The molecule has 30 heavy (non-hydrogen) atoms. The number of benzene rings is 1. The van der Waals surface area contributed by atoms with Crippen molar-refractivity contribution in [3.63, 3.8) is 0 Å². The molecule has 4 rings (SSSR count). The second-order valence-electron chi connectivity index (χ2n) is 8.77. The molecule has 2 saturated heterocycles. The van der Waals surface area contributed by atoms with Crippen molar-refractivity contribution in [2.75, 3.05) is 39.4 Å². The highest BCUT2D eigenvalue weighted by Gasteiger charge is 2.40. The first-order chi connectivity index (χ1) is 14.7. The minimum absolute atomic E-state index is 0.206. The average Bonchev–Trinajstić information content (AvgIpc) is 3.27. The zero-order valence-corrected chi connectivity index (χ0v) is 18.0. The van der Waals surface area contributed by atoms with Gasteiger partial charge >= 0.3 is 0 Å². The van der Waals surface area contributed by atoms with E-state index in [1.165, 1.54) is 12.0 Å². The van der Waals surface area contributed by atoms with Crippen LogP contribution in [0, 0.1) is 11.3 Å². The minimum Gasteiger partial charge on any atom is -0.381 e. The van der Waals surface area contributed by atoms with Crippen LogP contribution in [0.2, 0.25) is 0 Å². The molecule has 0 aliphatic carbocycles. The normalized spacial score (nSPS) is 21.4. The highest BCUT2D eigenvalue weighted by Crippen LogP contribution is 2.35. The number of aromatic nitrogens is 1. The third-order valence-electron chi connectivity index (χ3n) is 6.79. The topological polar surface area (TPSA) is 54.5 Å². The fourth-order valence-electron chi connectivity index (χ4n) is 4.78. The summed E-state index contributed by atoms with van der Waals surface area (Å²) < 4.78 is 5.60. The van der Waals surface area contributed by atoms with Crippen molar-refractivity contribution < 1.29 is 9.53 Å². The lowest BCUT2D eigenvalue weighted by Gasteiger charge is -2.36. The molecule has 5 nitrogen and oxygen atoms in total. The Kier molecular flexibility index (Phi) is 6.80. The van der Waals surface area contributed by atoms with Crippen LogP contribution in [0.15, 0.2) is 48.8 Å². The number of carbonyl (C=O) groups is 1. The maximum atomic E-state index is 13.3. The van der Waals surface area contributed by atoms with E-state index in [0.717, 1.165) is 56.6 Å². The largest absolute Gasteiger partial charge is 0.381 e. The number of ether oxygens (including phenoxy) is 1. The number of nitrogens with one attached hydrogen (secondary N) is 1. The van der Waals surface area contributed by atoms with Crippen molar-refractivity contribution in [1.82, 2.24) is 15.2 Å². The number of nitrogens with zero attached hydrogens (tertiary/aromatic N) is 2. The maximum Gasteiger partial charge on any atom is 0.226 e. The van der Waals surface area contributed by atoms with Crippen LogP contribution in [0.5, 0.6) is 0 Å². The van der Waals surface area contributed by atoms with E-state index in [9.17, 15) is 4.79 Å². The van der Waals surface area contributed by atoms with Gasteiger partial charge in [0, 0.05) is 38.7 Å². The molecule has 1 unspecified atom stereocenters. The van der Waals surface area contributed by atoms with E-state index in [1.807, 2.05) is 12.3 Å². The Morgan fingerprint density at radius 3 is 2.67 bits per heavy atom. The van der Waals surface area contributed by atoms with Crippen LogP contribution in [-0.2, 0) is 16.0 Å². The lowest BCUT2D eigenvalue weighted by molar-refractivity contribution is -0.136. The fraction of sp³-hybridized carbons (Fsp3) is 0.520. The minimum atomic E-state index is -0.364. The standard InChI is InChI=1S/C25H33N3O2/c1-2-28-13-9-21(19-28)17-27-24(29)25(10-14-30-15-11-25)16-20-5-7-22(8-6-20)23-4-3-12-26-18-23/h3-8,12,18,21H,2,9-11,13-17,19H2,1H3,(H,27,29). The molecule has 0 bridgehead atoms. The molecule has 1 aromatic carbocycles. The third-order valence-corrected chi connectivity index (χ3v) is 6.79. The Balaban J connectivity index is 1.42. The molecule has 2 aromatic rings. The zero-order chi connectivity index (χ0) is 20.8. The first-order valence-corrected chi connectivity index (χ1v) is 11.3. The van der Waals surface area contributed by atoms with Crippen molar-refractivity contribution in [2.45, 2.75) is 32.6 Å². The number of carbonyl (C=O) groups excluding carboxylic acids is 1. The van der Waals surface area contributed by atoms with Crippen LogP contribution < -0.4 is 5.32 Å². The van der Waals surface area contributed by atoms with E-state index >= 15 is 0 Å². The van der Waals surface area contributed by atoms with Crippen LogP contribution in [0.25, 0.3) is 11.1 Å². The van der Waals surface area contributed by atoms with Gasteiger partial charge in [-0.1, -0.05) is 37.3 Å². The Bertz CT molecular complexity index is 816. The summed E-state index contributed by atoms with van der Waals surface area (Å²) in [5, 5.41) is 3.31. The molecule has 3 heterocycles. The monoisotopic (exact) mass is 407 g/mol. The molecule has 0 saturated carbocycles. The second kappa shape index (κ2) is 9.71. The lowest BCUT2D eigenvalue weighted by Crippen LogP contribution is -2.47. The third kappa shape index (κ3) is 4.90. The lowest BCUT2D eigenvalue weighted by atomic mass is 9.74. The van der Waals surface area contributed by atoms with E-state index in [-0.39, 0.29) is 11.3 Å². The molecule has 1 atom stereocenters. The molecule has 2 fully saturated rings. The number of rotatable bonds is 7. The summed E-state index contributed by atoms with van der Waals surface area (Å²) in [6.45, 7) is 7.67. The van der Waals surface area contributed by atoms with Gasteiger partial charge in [-0.25, -0.2) is 0 Å². The van der Waals surface area contributed by atoms with Gasteiger partial charge in [-0.2, -0.15) is 0 Å². The van der Waals surface area contributed by atoms with Crippen molar-refractivity contribution in [2.24, 2.45) is 11.3 Å². The predicted octanol–water partition coefficient (Wildman–Crippen LogP) is 3.55. The molecule has 1 N–H and O–H groups in total. The number of hydrogen-bond donors (Lipinski definition) is 1. The summed E-state index contributed by atoms with van der Waals surface area (Å²) in [5.41, 5.74) is 3.11. The number of likely N-dealkylation sites (tertiary alicyclic amines) is 1. The Hall–Kier alpha value is -2.24. The molecular formula is C25H33N3O2. The molecule has 0 spiro atoms. The van der Waals surface area contributed by atoms with Crippen molar-refractivity contribution in [1.29, 1.82) is 0 Å². The highest BCUT2D eigenvalue weighted by atomic mass is 16.5. The average molecular weight is 408 g/mol. The van der Waals surface area contributed by atoms with Gasteiger partial charge < -0.3 is 15.0 Å². The van der Waals surface area contributed by atoms with E-state index in [4.69, 9.17) is 4.74 Å². The summed E-state index contributed by atoms with van der Waals surface area (Å²) >= 11 is 0. The molecule has 5 heteroatoms. The van der Waals surface area contributed by atoms with E-state index in [2.05, 4.69) is 52.5 Å². The molecule has 2 aliphatic rings. The fourth-order valence-corrected chi connectivity index (χ4v) is 4.78. The smallest absolute Gasteiger partial charge is 0.226 e. The van der Waals surface area contributed by atoms with Crippen LogP contribution in [0.4, 0.5) is 0 Å². The van der Waals surface area contributed by atoms with Crippen molar-refractivity contribution in [3.8, 4) is 11.1 Å². The number of hydrogen-bond acceptors (Lipinski definition) is 4. The van der Waals surface area contributed by atoms with Gasteiger partial charge in [0.05, 0.1) is 5.41 Å². The van der Waals surface area contributed by atoms with Gasteiger partial charge in [0.2, 0.25) is 5.91 Å². The SMILES string of the molecule is CCN1CCC(CNC(=O)C2(Cc3ccc(-c4cccnc4)cc3)CCOCC2)C1. The predicted molar refractivity (Wildman–Crippen MR) is 119 cm³/mol. The molecule has 2 aliphatic heterocycles. The van der Waals surface area contributed by atoms with Gasteiger partial charge in [-0.05, 0) is 67.4 Å². The molecule has 0 radical (unpaired) electrons. The van der Waals surface area contributed by atoms with Crippen LogP contribution >= 0.6 is 0 Å². The summed E-state index contributed by atoms with van der Waals surface area (Å²) in [6.07, 6.45) is 7.19. The van der Waals surface area contributed by atoms with Crippen LogP contribution in [-0.4, -0.2) is 55.2 Å². The molecule has 1 amide bonds. The zero-order valence-electron chi connectivity index (χ0n) is 18.0. The highest BCUT2D eigenvalue weighted by molar-refractivity contribution is 5.83. The van der Waals surface area contributed by atoms with Crippen LogP contribution in [0.1, 0.15) is 31.7 Å². The molecule has 1 aromatic heterocycles. The van der Waals surface area contributed by atoms with Gasteiger partial charge in [-0.15, -0.1) is 0 Å². The Labute approximate surface area is 179 Å². The maximum absolute atomic E-state index is 13.3. The number of pyridine rings is 1. The molecular weight excluding hydrogens is 374 g/mol. The Morgan fingerprint density at radius 2 is 2.00 bits per heavy atom. The van der Waals surface area contributed by atoms with Gasteiger partial charge in [0.1, 0.15) is 0 Å². The first kappa shape index (κ1) is 21.0. The quantitative estimate of drug-likeness (QED) is 0.763. The van der Waals surface area contributed by atoms with Gasteiger partial charge in [0.15, 0.2) is 0 Å². The summed E-state index contributed by atoms with van der Waals surface area (Å²) in [7, 11) is 0.